The van der Waals surface area contributed by atoms with Crippen molar-refractivity contribution < 1.29 is 13.3 Å². The van der Waals surface area contributed by atoms with Gasteiger partial charge in [0.1, 0.15) is 29.5 Å². The summed E-state index contributed by atoms with van der Waals surface area (Å²) in [6.45, 7) is 3.10. The van der Waals surface area contributed by atoms with Crippen molar-refractivity contribution in [1.82, 2.24) is 24.2 Å². The van der Waals surface area contributed by atoms with Gasteiger partial charge in [0.05, 0.1) is 29.8 Å². The number of hydrogen-bond donors (Lipinski definition) is 3. The lowest BCUT2D eigenvalue weighted by Crippen LogP contribution is -2.64. The van der Waals surface area contributed by atoms with Crippen LogP contribution in [0.15, 0.2) is 24.7 Å². The number of hydrogen-bond acceptors (Lipinski definition) is 8. The van der Waals surface area contributed by atoms with Crippen LogP contribution in [0.1, 0.15) is 18.7 Å². The Kier molecular flexibility index (Phi) is 5.82. The monoisotopic (exact) mass is 436 g/mol. The first-order chi connectivity index (χ1) is 14.3. The van der Waals surface area contributed by atoms with E-state index in [0.29, 0.717) is 23.8 Å². The van der Waals surface area contributed by atoms with Crippen LogP contribution < -0.4 is 10.0 Å². The van der Waals surface area contributed by atoms with Gasteiger partial charge in [-0.1, -0.05) is 0 Å². The third-order valence-corrected chi connectivity index (χ3v) is 6.26. The average molecular weight is 436 g/mol. The SMILES string of the molecule is N=C(/C=C\c1ncc(-c2cc(N3CC4(CCCN([S+](N)[O-])C4)C3)ncn2)[nH]1)C(F)F. The maximum atomic E-state index is 12.4. The van der Waals surface area contributed by atoms with Gasteiger partial charge in [-0.05, 0) is 25.0 Å². The fourth-order valence-electron chi connectivity index (χ4n) is 3.96. The molecule has 0 radical (unpaired) electrons. The highest BCUT2D eigenvalue weighted by atomic mass is 32.2. The Labute approximate surface area is 175 Å². The predicted molar refractivity (Wildman–Crippen MR) is 110 cm³/mol. The zero-order valence-corrected chi connectivity index (χ0v) is 16.9. The second-order valence-electron chi connectivity index (χ2n) is 7.63. The van der Waals surface area contributed by atoms with Gasteiger partial charge in [-0.2, -0.15) is 0 Å². The van der Waals surface area contributed by atoms with Crippen LogP contribution in [-0.4, -0.2) is 67.1 Å². The zero-order valence-electron chi connectivity index (χ0n) is 16.1. The normalized spacial score (nSPS) is 20.1. The molecule has 30 heavy (non-hydrogen) atoms. The number of H-pyrrole nitrogens is 1. The van der Waals surface area contributed by atoms with E-state index in [1.54, 1.807) is 6.20 Å². The van der Waals surface area contributed by atoms with Gasteiger partial charge in [0, 0.05) is 31.1 Å². The van der Waals surface area contributed by atoms with Crippen molar-refractivity contribution in [3.05, 3.63) is 30.5 Å². The fraction of sp³-hybridized carbons (Fsp3) is 0.444. The Balaban J connectivity index is 1.43. The Morgan fingerprint density at radius 3 is 2.87 bits per heavy atom. The molecule has 4 rings (SSSR count). The molecule has 1 atom stereocenters. The minimum absolute atomic E-state index is 0.0828. The lowest BCUT2D eigenvalue weighted by molar-refractivity contribution is 0.107. The van der Waals surface area contributed by atoms with Crippen LogP contribution in [0.25, 0.3) is 17.5 Å². The van der Waals surface area contributed by atoms with Crippen molar-refractivity contribution in [2.75, 3.05) is 31.1 Å². The molecule has 0 aromatic carbocycles. The molecular weight excluding hydrogens is 414 g/mol. The summed E-state index contributed by atoms with van der Waals surface area (Å²) >= 11 is -1.44. The number of nitrogens with two attached hydrogens (primary N) is 1. The highest BCUT2D eigenvalue weighted by Gasteiger charge is 2.48. The highest BCUT2D eigenvalue weighted by Crippen LogP contribution is 2.41. The Bertz CT molecular complexity index is 944. The molecular formula is C18H22F2N8OS. The van der Waals surface area contributed by atoms with Gasteiger partial charge < -0.3 is 14.4 Å². The summed E-state index contributed by atoms with van der Waals surface area (Å²) in [5.41, 5.74) is 0.563. The average Bonchev–Trinajstić information content (AvgIpc) is 3.19. The van der Waals surface area contributed by atoms with Crippen molar-refractivity contribution in [3.63, 3.8) is 0 Å². The second kappa shape index (κ2) is 8.38. The summed E-state index contributed by atoms with van der Waals surface area (Å²) in [5, 5.41) is 12.7. The molecule has 0 saturated carbocycles. The van der Waals surface area contributed by atoms with Crippen LogP contribution in [0.2, 0.25) is 0 Å². The van der Waals surface area contributed by atoms with Crippen LogP contribution in [0.5, 0.6) is 0 Å². The van der Waals surface area contributed by atoms with Gasteiger partial charge >= 0.3 is 0 Å². The summed E-state index contributed by atoms with van der Waals surface area (Å²) in [5.74, 6) is 1.14. The number of nitrogens with zero attached hydrogens (tertiary/aromatic N) is 5. The van der Waals surface area contributed by atoms with Gasteiger partial charge in [0.15, 0.2) is 0 Å². The van der Waals surface area contributed by atoms with E-state index >= 15 is 0 Å². The molecule has 2 aliphatic rings. The van der Waals surface area contributed by atoms with Gasteiger partial charge in [-0.15, -0.1) is 9.44 Å². The molecule has 4 heterocycles. The maximum Gasteiger partial charge on any atom is 0.279 e. The van der Waals surface area contributed by atoms with Crippen molar-refractivity contribution in [2.24, 2.45) is 10.6 Å². The van der Waals surface area contributed by atoms with Crippen LogP contribution in [-0.2, 0) is 11.5 Å². The number of nitrogens with one attached hydrogen (secondary N) is 2. The number of aromatic amines is 1. The minimum Gasteiger partial charge on any atom is -0.579 e. The number of imidazole rings is 1. The topological polar surface area (TPSA) is 134 Å². The quantitative estimate of drug-likeness (QED) is 0.463. The van der Waals surface area contributed by atoms with Crippen LogP contribution >= 0.6 is 0 Å². The van der Waals surface area contributed by atoms with E-state index in [1.165, 1.54) is 12.4 Å². The molecule has 1 spiro atoms. The summed E-state index contributed by atoms with van der Waals surface area (Å²) in [4.78, 5) is 17.9. The summed E-state index contributed by atoms with van der Waals surface area (Å²) in [6, 6.07) is 1.84. The van der Waals surface area contributed by atoms with E-state index < -0.39 is 23.7 Å². The van der Waals surface area contributed by atoms with E-state index in [-0.39, 0.29) is 5.41 Å². The number of piperidine rings is 1. The molecule has 12 heteroatoms. The Morgan fingerprint density at radius 1 is 1.33 bits per heavy atom. The van der Waals surface area contributed by atoms with Crippen LogP contribution in [0.4, 0.5) is 14.6 Å². The molecule has 2 aliphatic heterocycles. The highest BCUT2D eigenvalue weighted by molar-refractivity contribution is 7.86. The first-order valence-electron chi connectivity index (χ1n) is 9.43. The molecule has 2 aromatic rings. The van der Waals surface area contributed by atoms with Crippen molar-refractivity contribution in [1.29, 1.82) is 5.41 Å². The van der Waals surface area contributed by atoms with Gasteiger partial charge in [-0.25, -0.2) is 23.7 Å². The zero-order chi connectivity index (χ0) is 21.3. The molecule has 2 fully saturated rings. The molecule has 2 aromatic heterocycles. The molecule has 4 N–H and O–H groups in total. The molecule has 1 unspecified atom stereocenters. The molecule has 0 bridgehead atoms. The third kappa shape index (κ3) is 4.36. The van der Waals surface area contributed by atoms with E-state index in [1.807, 2.05) is 10.4 Å². The number of alkyl halides is 2. The standard InChI is InChI=1S/C18H22F2N8OS/c19-17(20)12(21)2-3-15-23-7-14(26-15)13-6-16(25-11-24-13)27-8-18(9-27)4-1-5-28(10-18)30(22)29/h2-3,6-7,11,17,21H,1,4-5,8-10,22H2,(H,23,26)/b3-2-,21-12?. The summed E-state index contributed by atoms with van der Waals surface area (Å²) in [6.07, 6.45) is 4.60. The maximum absolute atomic E-state index is 12.4. The minimum atomic E-state index is -2.82. The van der Waals surface area contributed by atoms with E-state index in [2.05, 4.69) is 24.8 Å². The van der Waals surface area contributed by atoms with Gasteiger partial charge in [0.2, 0.25) is 0 Å². The largest absolute Gasteiger partial charge is 0.579 e. The first kappa shape index (κ1) is 20.8. The molecule has 2 saturated heterocycles. The third-order valence-electron chi connectivity index (χ3n) is 5.44. The number of aromatic nitrogens is 4. The number of anilines is 1. The Hall–Kier alpha value is -2.41. The first-order valence-corrected chi connectivity index (χ1v) is 10.6. The predicted octanol–water partition coefficient (Wildman–Crippen LogP) is 1.60. The van der Waals surface area contributed by atoms with Crippen LogP contribution in [0, 0.1) is 10.8 Å². The second-order valence-corrected chi connectivity index (χ2v) is 8.70. The molecule has 0 amide bonds. The molecule has 0 aliphatic carbocycles. The smallest absolute Gasteiger partial charge is 0.279 e. The fourth-order valence-corrected chi connectivity index (χ4v) is 4.67. The summed E-state index contributed by atoms with van der Waals surface area (Å²) in [7, 11) is 0. The molecule has 160 valence electrons. The lowest BCUT2D eigenvalue weighted by Gasteiger charge is -2.54. The van der Waals surface area contributed by atoms with Crippen molar-refractivity contribution in [3.8, 4) is 11.4 Å². The van der Waals surface area contributed by atoms with E-state index in [9.17, 15) is 13.3 Å². The van der Waals surface area contributed by atoms with Crippen LogP contribution in [0.3, 0.4) is 0 Å². The van der Waals surface area contributed by atoms with E-state index in [0.717, 1.165) is 44.4 Å². The van der Waals surface area contributed by atoms with Gasteiger partial charge in [-0.3, -0.25) is 5.41 Å². The summed E-state index contributed by atoms with van der Waals surface area (Å²) < 4.78 is 38.2. The number of allylic oxidation sites excluding steroid dienone is 1. The lowest BCUT2D eigenvalue weighted by atomic mass is 9.74. The van der Waals surface area contributed by atoms with E-state index in [4.69, 9.17) is 10.5 Å². The van der Waals surface area contributed by atoms with Crippen molar-refractivity contribution >= 4 is 29.2 Å². The van der Waals surface area contributed by atoms with Gasteiger partial charge in [0.25, 0.3) is 6.43 Å². The van der Waals surface area contributed by atoms with Crippen molar-refractivity contribution in [2.45, 2.75) is 19.3 Å². The Morgan fingerprint density at radius 2 is 2.13 bits per heavy atom. The molecule has 9 nitrogen and oxygen atoms in total. The number of rotatable bonds is 6. The number of halogens is 2.